The van der Waals surface area contributed by atoms with Crippen LogP contribution in [0.15, 0.2) is 48.6 Å². The number of carbonyl (C=O) groups is 2. The number of hydrogen-bond donors (Lipinski definition) is 0. The summed E-state index contributed by atoms with van der Waals surface area (Å²) in [5, 5.41) is 0. The van der Waals surface area contributed by atoms with Crippen molar-refractivity contribution in [2.24, 2.45) is 0 Å². The van der Waals surface area contributed by atoms with Gasteiger partial charge in [0.2, 0.25) is 6.29 Å². The van der Waals surface area contributed by atoms with E-state index in [0.29, 0.717) is 17.1 Å². The van der Waals surface area contributed by atoms with Crippen LogP contribution in [0.25, 0.3) is 0 Å². The molecule has 1 aromatic carbocycles. The Labute approximate surface area is 123 Å². The van der Waals surface area contributed by atoms with E-state index in [1.165, 1.54) is 6.07 Å². The summed E-state index contributed by atoms with van der Waals surface area (Å²) in [5.74, 6) is -0.329. The third-order valence-corrected chi connectivity index (χ3v) is 2.29. The first-order valence-electron chi connectivity index (χ1n) is 6.30. The molecule has 0 saturated heterocycles. The van der Waals surface area contributed by atoms with Crippen molar-refractivity contribution < 1.29 is 23.8 Å². The Bertz CT molecular complexity index is 574. The van der Waals surface area contributed by atoms with E-state index in [9.17, 15) is 9.59 Å². The summed E-state index contributed by atoms with van der Waals surface area (Å²) in [6.45, 7) is 11.7. The predicted molar refractivity (Wildman–Crippen MR) is 77.9 cm³/mol. The van der Waals surface area contributed by atoms with Crippen molar-refractivity contribution in [2.75, 3.05) is 0 Å². The molecular formula is C16H18O5. The van der Waals surface area contributed by atoms with Gasteiger partial charge < -0.3 is 14.2 Å². The van der Waals surface area contributed by atoms with Gasteiger partial charge in [0, 0.05) is 24.1 Å². The highest BCUT2D eigenvalue weighted by atomic mass is 16.7. The molecule has 0 saturated carbocycles. The lowest BCUT2D eigenvalue weighted by Crippen LogP contribution is -2.21. The second-order valence-corrected chi connectivity index (χ2v) is 4.52. The Balaban J connectivity index is 2.68. The highest BCUT2D eigenvalue weighted by Gasteiger charge is 2.12. The van der Waals surface area contributed by atoms with Crippen LogP contribution in [0.5, 0.6) is 11.5 Å². The summed E-state index contributed by atoms with van der Waals surface area (Å²) < 4.78 is 15.5. The van der Waals surface area contributed by atoms with Gasteiger partial charge in [-0.15, -0.1) is 0 Å². The SMILES string of the molecule is C=C(C)C(=O)Oc1cccc(OC(C)OC(=O)C(=C)C)c1. The monoisotopic (exact) mass is 290 g/mol. The van der Waals surface area contributed by atoms with E-state index in [0.717, 1.165) is 0 Å². The maximum absolute atomic E-state index is 11.4. The minimum Gasteiger partial charge on any atom is -0.455 e. The molecule has 112 valence electrons. The van der Waals surface area contributed by atoms with E-state index in [1.807, 2.05) is 0 Å². The summed E-state index contributed by atoms with van der Waals surface area (Å²) in [7, 11) is 0. The molecule has 0 bridgehead atoms. The van der Waals surface area contributed by atoms with Crippen molar-refractivity contribution in [1.82, 2.24) is 0 Å². The Hall–Kier alpha value is -2.56. The van der Waals surface area contributed by atoms with Gasteiger partial charge in [-0.05, 0) is 26.0 Å². The first kappa shape index (κ1) is 16.5. The fourth-order valence-electron chi connectivity index (χ4n) is 1.27. The molecule has 0 spiro atoms. The number of hydrogen-bond acceptors (Lipinski definition) is 5. The Morgan fingerprint density at radius 2 is 1.62 bits per heavy atom. The molecule has 0 amide bonds. The van der Waals surface area contributed by atoms with Crippen molar-refractivity contribution in [3.63, 3.8) is 0 Å². The largest absolute Gasteiger partial charge is 0.455 e. The number of ether oxygens (including phenoxy) is 3. The minimum absolute atomic E-state index is 0.287. The quantitative estimate of drug-likeness (QED) is 0.349. The van der Waals surface area contributed by atoms with E-state index in [1.54, 1.807) is 39.0 Å². The van der Waals surface area contributed by atoms with Crippen molar-refractivity contribution in [3.05, 3.63) is 48.6 Å². The van der Waals surface area contributed by atoms with Crippen molar-refractivity contribution in [3.8, 4) is 11.5 Å². The zero-order valence-corrected chi connectivity index (χ0v) is 12.3. The first-order chi connectivity index (χ1) is 9.79. The van der Waals surface area contributed by atoms with Crippen LogP contribution >= 0.6 is 0 Å². The van der Waals surface area contributed by atoms with E-state index in [4.69, 9.17) is 14.2 Å². The molecule has 0 aromatic heterocycles. The molecule has 0 N–H and O–H groups in total. The van der Waals surface area contributed by atoms with Crippen molar-refractivity contribution in [2.45, 2.75) is 27.1 Å². The van der Waals surface area contributed by atoms with Crippen LogP contribution in [0.1, 0.15) is 20.8 Å². The molecule has 1 unspecified atom stereocenters. The van der Waals surface area contributed by atoms with Crippen LogP contribution in [0, 0.1) is 0 Å². The Morgan fingerprint density at radius 3 is 2.19 bits per heavy atom. The number of rotatable bonds is 6. The van der Waals surface area contributed by atoms with E-state index < -0.39 is 18.2 Å². The number of carbonyl (C=O) groups excluding carboxylic acids is 2. The van der Waals surface area contributed by atoms with Gasteiger partial charge in [0.1, 0.15) is 11.5 Å². The van der Waals surface area contributed by atoms with Gasteiger partial charge >= 0.3 is 11.9 Å². The molecule has 1 aromatic rings. The van der Waals surface area contributed by atoms with Gasteiger partial charge in [-0.25, -0.2) is 9.59 Å². The second-order valence-electron chi connectivity index (χ2n) is 4.52. The molecule has 0 heterocycles. The molecule has 1 atom stereocenters. The lowest BCUT2D eigenvalue weighted by atomic mass is 10.3. The third kappa shape index (κ3) is 5.52. The molecule has 0 fully saturated rings. The van der Waals surface area contributed by atoms with Crippen LogP contribution in [0.2, 0.25) is 0 Å². The van der Waals surface area contributed by atoms with Gasteiger partial charge in [0.15, 0.2) is 0 Å². The van der Waals surface area contributed by atoms with Gasteiger partial charge in [-0.1, -0.05) is 19.2 Å². The van der Waals surface area contributed by atoms with Crippen LogP contribution in [0.4, 0.5) is 0 Å². The summed E-state index contributed by atoms with van der Waals surface area (Å²) in [6, 6.07) is 6.44. The Morgan fingerprint density at radius 1 is 1.05 bits per heavy atom. The molecule has 0 aliphatic heterocycles. The van der Waals surface area contributed by atoms with Gasteiger partial charge in [0.25, 0.3) is 0 Å². The maximum Gasteiger partial charge on any atom is 0.338 e. The minimum atomic E-state index is -0.790. The third-order valence-electron chi connectivity index (χ3n) is 2.29. The molecule has 5 nitrogen and oxygen atoms in total. The summed E-state index contributed by atoms with van der Waals surface area (Å²) in [5.41, 5.74) is 0.583. The highest BCUT2D eigenvalue weighted by Crippen LogP contribution is 2.21. The molecular weight excluding hydrogens is 272 g/mol. The van der Waals surface area contributed by atoms with Crippen LogP contribution in [0.3, 0.4) is 0 Å². The second kappa shape index (κ2) is 7.28. The van der Waals surface area contributed by atoms with Crippen LogP contribution in [-0.2, 0) is 14.3 Å². The smallest absolute Gasteiger partial charge is 0.338 e. The number of esters is 2. The summed E-state index contributed by atoms with van der Waals surface area (Å²) >= 11 is 0. The lowest BCUT2D eigenvalue weighted by molar-refractivity contribution is -0.156. The molecule has 21 heavy (non-hydrogen) atoms. The van der Waals surface area contributed by atoms with Gasteiger partial charge in [-0.3, -0.25) is 0 Å². The van der Waals surface area contributed by atoms with E-state index in [-0.39, 0.29) is 5.57 Å². The maximum atomic E-state index is 11.4. The van der Waals surface area contributed by atoms with Gasteiger partial charge in [-0.2, -0.15) is 0 Å². The van der Waals surface area contributed by atoms with E-state index in [2.05, 4.69) is 13.2 Å². The average Bonchev–Trinajstić information content (AvgIpc) is 2.38. The first-order valence-corrected chi connectivity index (χ1v) is 6.30. The molecule has 1 rings (SSSR count). The summed E-state index contributed by atoms with van der Waals surface area (Å²) in [6.07, 6.45) is -0.790. The topological polar surface area (TPSA) is 61.8 Å². The van der Waals surface area contributed by atoms with Crippen molar-refractivity contribution >= 4 is 11.9 Å². The summed E-state index contributed by atoms with van der Waals surface area (Å²) in [4.78, 5) is 22.8. The van der Waals surface area contributed by atoms with Crippen LogP contribution < -0.4 is 9.47 Å². The average molecular weight is 290 g/mol. The molecule has 0 radical (unpaired) electrons. The van der Waals surface area contributed by atoms with Crippen molar-refractivity contribution in [1.29, 1.82) is 0 Å². The van der Waals surface area contributed by atoms with Gasteiger partial charge in [0.05, 0.1) is 0 Å². The molecule has 0 aliphatic carbocycles. The Kier molecular flexibility index (Phi) is 5.72. The fraction of sp³-hybridized carbons (Fsp3) is 0.250. The molecule has 5 heteroatoms. The zero-order chi connectivity index (χ0) is 16.0. The zero-order valence-electron chi connectivity index (χ0n) is 12.3. The normalized spacial score (nSPS) is 11.2. The van der Waals surface area contributed by atoms with E-state index >= 15 is 0 Å². The van der Waals surface area contributed by atoms with Crippen LogP contribution in [-0.4, -0.2) is 18.2 Å². The fourth-order valence-corrected chi connectivity index (χ4v) is 1.27. The standard InChI is InChI=1S/C16H18O5/c1-10(2)15(17)20-12(5)19-13-7-6-8-14(9-13)21-16(18)11(3)4/h6-9,12H,1,3H2,2,4-5H3. The predicted octanol–water partition coefficient (Wildman–Crippen LogP) is 3.01. The lowest BCUT2D eigenvalue weighted by Gasteiger charge is -2.15. The highest BCUT2D eigenvalue weighted by molar-refractivity contribution is 5.88. The number of benzene rings is 1. The molecule has 0 aliphatic rings.